The topological polar surface area (TPSA) is 59.2 Å². The van der Waals surface area contributed by atoms with Crippen molar-refractivity contribution in [3.63, 3.8) is 0 Å². The quantitative estimate of drug-likeness (QED) is 0.851. The van der Waals surface area contributed by atoms with Gasteiger partial charge in [-0.25, -0.2) is 4.98 Å². The van der Waals surface area contributed by atoms with Crippen LogP contribution in [0.5, 0.6) is 0 Å². The van der Waals surface area contributed by atoms with E-state index >= 15 is 0 Å². The van der Waals surface area contributed by atoms with Crippen molar-refractivity contribution in [1.82, 2.24) is 9.88 Å². The number of anilines is 1. The molecule has 4 nitrogen and oxygen atoms in total. The highest BCUT2D eigenvalue weighted by Gasteiger charge is 2.28. The summed E-state index contributed by atoms with van der Waals surface area (Å²) in [6, 6.07) is 3.41. The molecule has 1 fully saturated rings. The van der Waals surface area contributed by atoms with Gasteiger partial charge in [0, 0.05) is 13.1 Å². The van der Waals surface area contributed by atoms with Crippen LogP contribution in [-0.2, 0) is 0 Å². The first-order valence-corrected chi connectivity index (χ1v) is 5.99. The van der Waals surface area contributed by atoms with Gasteiger partial charge in [-0.05, 0) is 30.4 Å². The van der Waals surface area contributed by atoms with E-state index in [0.29, 0.717) is 16.8 Å². The van der Waals surface area contributed by atoms with Crippen LogP contribution in [-0.4, -0.2) is 28.9 Å². The first kappa shape index (κ1) is 14.8. The van der Waals surface area contributed by atoms with Crippen LogP contribution in [0.25, 0.3) is 0 Å². The lowest BCUT2D eigenvalue weighted by atomic mass is 9.82. The van der Waals surface area contributed by atoms with E-state index in [4.69, 9.17) is 5.73 Å². The van der Waals surface area contributed by atoms with Crippen LogP contribution in [0, 0.1) is 5.41 Å². The van der Waals surface area contributed by atoms with E-state index in [0.717, 1.165) is 25.9 Å². The Morgan fingerprint density at radius 3 is 2.44 bits per heavy atom. The smallest absolute Gasteiger partial charge is 0.272 e. The van der Waals surface area contributed by atoms with Crippen LogP contribution in [0.2, 0.25) is 0 Å². The molecule has 1 amide bonds. The molecule has 1 saturated heterocycles. The van der Waals surface area contributed by atoms with Crippen LogP contribution in [0.3, 0.4) is 0 Å². The highest BCUT2D eigenvalue weighted by molar-refractivity contribution is 5.92. The van der Waals surface area contributed by atoms with Crippen molar-refractivity contribution < 1.29 is 4.79 Å². The number of hydrogen-bond acceptors (Lipinski definition) is 3. The first-order valence-electron chi connectivity index (χ1n) is 5.99. The molecular formula is C13H20ClN3O. The second kappa shape index (κ2) is 5.57. The molecule has 0 unspecified atom stereocenters. The van der Waals surface area contributed by atoms with Gasteiger partial charge in [0.15, 0.2) is 0 Å². The Hall–Kier alpha value is -1.29. The van der Waals surface area contributed by atoms with Crippen molar-refractivity contribution in [2.75, 3.05) is 18.8 Å². The monoisotopic (exact) mass is 269 g/mol. The molecule has 0 atom stereocenters. The number of likely N-dealkylation sites (tertiary alicyclic amines) is 1. The molecule has 0 aliphatic carbocycles. The van der Waals surface area contributed by atoms with Gasteiger partial charge in [0.1, 0.15) is 5.69 Å². The average molecular weight is 270 g/mol. The van der Waals surface area contributed by atoms with Crippen molar-refractivity contribution in [2.45, 2.75) is 26.7 Å². The summed E-state index contributed by atoms with van der Waals surface area (Å²) in [7, 11) is 0. The number of carbonyl (C=O) groups excluding carboxylic acids is 1. The summed E-state index contributed by atoms with van der Waals surface area (Å²) in [6.07, 6.45) is 3.63. The van der Waals surface area contributed by atoms with E-state index in [2.05, 4.69) is 18.8 Å². The molecule has 1 aromatic heterocycles. The molecule has 5 heteroatoms. The molecule has 0 aromatic carbocycles. The number of halogens is 1. The van der Waals surface area contributed by atoms with E-state index in [1.54, 1.807) is 12.1 Å². The zero-order chi connectivity index (χ0) is 12.5. The highest BCUT2D eigenvalue weighted by atomic mass is 35.5. The van der Waals surface area contributed by atoms with Gasteiger partial charge in [0.2, 0.25) is 0 Å². The number of pyridine rings is 1. The third kappa shape index (κ3) is 3.35. The molecular weight excluding hydrogens is 250 g/mol. The number of hydrogen-bond donors (Lipinski definition) is 1. The minimum atomic E-state index is 0. The van der Waals surface area contributed by atoms with Crippen LogP contribution in [0.15, 0.2) is 18.3 Å². The van der Waals surface area contributed by atoms with E-state index in [1.807, 2.05) is 4.90 Å². The summed E-state index contributed by atoms with van der Waals surface area (Å²) < 4.78 is 0. The van der Waals surface area contributed by atoms with Crippen molar-refractivity contribution in [1.29, 1.82) is 0 Å². The van der Waals surface area contributed by atoms with Gasteiger partial charge in [0.25, 0.3) is 5.91 Å². The fourth-order valence-electron chi connectivity index (χ4n) is 2.01. The Labute approximate surface area is 114 Å². The first-order chi connectivity index (χ1) is 7.98. The fourth-order valence-corrected chi connectivity index (χ4v) is 2.01. The van der Waals surface area contributed by atoms with Gasteiger partial charge in [0.05, 0.1) is 11.9 Å². The highest BCUT2D eigenvalue weighted by Crippen LogP contribution is 2.30. The molecule has 0 spiro atoms. The number of aromatic nitrogens is 1. The van der Waals surface area contributed by atoms with Crippen LogP contribution >= 0.6 is 12.4 Å². The lowest BCUT2D eigenvalue weighted by Crippen LogP contribution is -2.41. The Bertz CT molecular complexity index is 407. The zero-order valence-electron chi connectivity index (χ0n) is 10.8. The fraction of sp³-hybridized carbons (Fsp3) is 0.538. The van der Waals surface area contributed by atoms with Gasteiger partial charge in [-0.2, -0.15) is 0 Å². The lowest BCUT2D eigenvalue weighted by molar-refractivity contribution is 0.0624. The maximum atomic E-state index is 12.1. The molecule has 0 radical (unpaired) electrons. The average Bonchev–Trinajstić information content (AvgIpc) is 2.29. The van der Waals surface area contributed by atoms with Gasteiger partial charge >= 0.3 is 0 Å². The number of rotatable bonds is 1. The summed E-state index contributed by atoms with van der Waals surface area (Å²) >= 11 is 0. The molecule has 100 valence electrons. The van der Waals surface area contributed by atoms with Crippen molar-refractivity contribution in [2.24, 2.45) is 5.41 Å². The van der Waals surface area contributed by atoms with E-state index in [1.165, 1.54) is 6.20 Å². The predicted molar refractivity (Wildman–Crippen MR) is 74.8 cm³/mol. The Morgan fingerprint density at radius 1 is 1.33 bits per heavy atom. The number of piperidine rings is 1. The molecule has 2 N–H and O–H groups in total. The number of nitrogen functional groups attached to an aromatic ring is 1. The molecule has 0 bridgehead atoms. The summed E-state index contributed by atoms with van der Waals surface area (Å²) in [5.41, 5.74) is 6.98. The molecule has 1 aliphatic rings. The van der Waals surface area contributed by atoms with E-state index in [9.17, 15) is 4.79 Å². The van der Waals surface area contributed by atoms with E-state index < -0.39 is 0 Å². The Morgan fingerprint density at radius 2 is 1.94 bits per heavy atom. The maximum Gasteiger partial charge on any atom is 0.272 e. The molecule has 18 heavy (non-hydrogen) atoms. The molecule has 2 rings (SSSR count). The van der Waals surface area contributed by atoms with Crippen LogP contribution in [0.4, 0.5) is 5.69 Å². The largest absolute Gasteiger partial charge is 0.397 e. The zero-order valence-corrected chi connectivity index (χ0v) is 11.7. The van der Waals surface area contributed by atoms with Gasteiger partial charge in [-0.3, -0.25) is 4.79 Å². The second-order valence-electron chi connectivity index (χ2n) is 5.43. The van der Waals surface area contributed by atoms with Crippen LogP contribution in [0.1, 0.15) is 37.2 Å². The minimum Gasteiger partial charge on any atom is -0.397 e. The van der Waals surface area contributed by atoms with Crippen molar-refractivity contribution in [3.05, 3.63) is 24.0 Å². The number of nitrogens with zero attached hydrogens (tertiary/aromatic N) is 2. The predicted octanol–water partition coefficient (Wildman–Crippen LogP) is 2.35. The van der Waals surface area contributed by atoms with E-state index in [-0.39, 0.29) is 18.3 Å². The minimum absolute atomic E-state index is 0. The SMILES string of the molecule is CC1(C)CCN(C(=O)c2ccc(N)cn2)CC1.Cl. The molecule has 0 saturated carbocycles. The maximum absolute atomic E-state index is 12.1. The second-order valence-corrected chi connectivity index (χ2v) is 5.43. The Balaban J connectivity index is 0.00000162. The van der Waals surface area contributed by atoms with Gasteiger partial charge in [-0.15, -0.1) is 12.4 Å². The summed E-state index contributed by atoms with van der Waals surface area (Å²) in [4.78, 5) is 18.1. The summed E-state index contributed by atoms with van der Waals surface area (Å²) in [5, 5.41) is 0. The van der Waals surface area contributed by atoms with Gasteiger partial charge < -0.3 is 10.6 Å². The normalized spacial score (nSPS) is 18.0. The molecule has 1 aromatic rings. The number of nitrogens with two attached hydrogens (primary N) is 1. The number of amides is 1. The van der Waals surface area contributed by atoms with Crippen molar-refractivity contribution in [3.8, 4) is 0 Å². The Kier molecular flexibility index (Phi) is 4.57. The summed E-state index contributed by atoms with van der Waals surface area (Å²) in [6.45, 7) is 6.13. The molecule has 2 heterocycles. The molecule has 1 aliphatic heterocycles. The van der Waals surface area contributed by atoms with Gasteiger partial charge in [-0.1, -0.05) is 13.8 Å². The lowest BCUT2D eigenvalue weighted by Gasteiger charge is -2.36. The third-order valence-corrected chi connectivity index (χ3v) is 3.41. The number of carbonyl (C=O) groups is 1. The standard InChI is InChI=1S/C13H19N3O.ClH/c1-13(2)5-7-16(8-6-13)12(17)11-4-3-10(14)9-15-11;/h3-4,9H,5-8,14H2,1-2H3;1H. The van der Waals surface area contributed by atoms with Crippen molar-refractivity contribution >= 4 is 24.0 Å². The summed E-state index contributed by atoms with van der Waals surface area (Å²) in [5.74, 6) is 0.0144. The van der Waals surface area contributed by atoms with Crippen LogP contribution < -0.4 is 5.73 Å². The third-order valence-electron chi connectivity index (χ3n) is 3.41.